The summed E-state index contributed by atoms with van der Waals surface area (Å²) in [5, 5.41) is 10.5. The Balaban J connectivity index is 1.40. The lowest BCUT2D eigenvalue weighted by molar-refractivity contribution is -0.136. The number of benzene rings is 1. The molecule has 0 spiro atoms. The lowest BCUT2D eigenvalue weighted by Crippen LogP contribution is -2.62. The van der Waals surface area contributed by atoms with E-state index < -0.39 is 35.0 Å². The van der Waals surface area contributed by atoms with Crippen molar-refractivity contribution >= 4 is 34.5 Å². The topological polar surface area (TPSA) is 86.0 Å². The van der Waals surface area contributed by atoms with Gasteiger partial charge in [-0.3, -0.25) is 4.79 Å². The Bertz CT molecular complexity index is 1110. The first-order valence-corrected chi connectivity index (χ1v) is 11.4. The number of nitrogens with zero attached hydrogens (tertiary/aromatic N) is 2. The van der Waals surface area contributed by atoms with Gasteiger partial charge in [0.25, 0.3) is 0 Å². The predicted octanol–water partition coefficient (Wildman–Crippen LogP) is 4.67. The Morgan fingerprint density at radius 3 is 2.42 bits per heavy atom. The Labute approximate surface area is 192 Å². The summed E-state index contributed by atoms with van der Waals surface area (Å²) in [6, 6.07) is 2.11. The van der Waals surface area contributed by atoms with Gasteiger partial charge in [-0.15, -0.1) is 0 Å². The van der Waals surface area contributed by atoms with E-state index in [1.807, 2.05) is 0 Å². The van der Waals surface area contributed by atoms with E-state index in [1.165, 1.54) is 0 Å². The first-order valence-electron chi connectivity index (χ1n) is 11.0. The monoisotopic (exact) mass is 485 g/mol. The van der Waals surface area contributed by atoms with Crippen molar-refractivity contribution < 1.29 is 32.3 Å². The van der Waals surface area contributed by atoms with Crippen molar-refractivity contribution in [3.05, 3.63) is 34.0 Å². The zero-order valence-corrected chi connectivity index (χ0v) is 18.4. The molecule has 2 N–H and O–H groups in total. The fourth-order valence-corrected chi connectivity index (χ4v) is 4.99. The molecule has 0 radical (unpaired) electrons. The third-order valence-electron chi connectivity index (χ3n) is 6.71. The van der Waals surface area contributed by atoms with Gasteiger partial charge in [-0.25, -0.2) is 15.2 Å². The van der Waals surface area contributed by atoms with E-state index in [9.17, 15) is 27.9 Å². The lowest BCUT2D eigenvalue weighted by atomic mass is 9.92. The van der Waals surface area contributed by atoms with Gasteiger partial charge in [-0.1, -0.05) is 11.6 Å². The maximum absolute atomic E-state index is 13.7. The van der Waals surface area contributed by atoms with Gasteiger partial charge in [-0.2, -0.15) is 13.2 Å². The van der Waals surface area contributed by atoms with Crippen molar-refractivity contribution in [3.63, 3.8) is 0 Å². The zero-order chi connectivity index (χ0) is 23.5. The highest BCUT2D eigenvalue weighted by Gasteiger charge is 2.40. The second-order valence-corrected chi connectivity index (χ2v) is 9.37. The van der Waals surface area contributed by atoms with Crippen LogP contribution in [0, 0.1) is 0 Å². The van der Waals surface area contributed by atoms with Gasteiger partial charge in [0.05, 0.1) is 18.2 Å². The second-order valence-electron chi connectivity index (χ2n) is 8.99. The zero-order valence-electron chi connectivity index (χ0n) is 17.6. The van der Waals surface area contributed by atoms with Crippen LogP contribution in [0.25, 0.3) is 11.0 Å². The van der Waals surface area contributed by atoms with Gasteiger partial charge < -0.3 is 14.4 Å². The number of alkyl halides is 3. The number of halogens is 4. The van der Waals surface area contributed by atoms with Crippen LogP contribution in [0.1, 0.15) is 66.1 Å². The van der Waals surface area contributed by atoms with Crippen molar-refractivity contribution in [1.82, 2.24) is 15.3 Å². The van der Waals surface area contributed by atoms with Gasteiger partial charge in [0.1, 0.15) is 10.6 Å². The molecule has 0 unspecified atom stereocenters. The molecule has 0 atom stereocenters. The molecule has 2 saturated carbocycles. The largest absolute Gasteiger partial charge is 0.449 e. The van der Waals surface area contributed by atoms with Gasteiger partial charge in [-0.05, 0) is 62.1 Å². The fourth-order valence-electron chi connectivity index (χ4n) is 4.73. The highest BCUT2D eigenvalue weighted by Crippen LogP contribution is 2.47. The minimum absolute atomic E-state index is 0.0318. The summed E-state index contributed by atoms with van der Waals surface area (Å²) in [6.07, 6.45) is -0.863. The molecule has 7 nitrogen and oxygen atoms in total. The summed E-state index contributed by atoms with van der Waals surface area (Å²) in [7, 11) is 0. The van der Waals surface area contributed by atoms with Crippen LogP contribution >= 0.6 is 11.6 Å². The average molecular weight is 486 g/mol. The minimum Gasteiger partial charge on any atom is -0.449 e. The van der Waals surface area contributed by atoms with Crippen LogP contribution in [0.3, 0.4) is 0 Å². The van der Waals surface area contributed by atoms with Crippen LogP contribution in [0.4, 0.5) is 18.0 Å². The molecule has 1 aliphatic heterocycles. The van der Waals surface area contributed by atoms with Gasteiger partial charge in [0.15, 0.2) is 0 Å². The van der Waals surface area contributed by atoms with Gasteiger partial charge in [0.2, 0.25) is 5.76 Å². The molecule has 1 aromatic carbocycles. The van der Waals surface area contributed by atoms with Crippen molar-refractivity contribution in [3.8, 4) is 0 Å². The van der Waals surface area contributed by atoms with Crippen LogP contribution in [0.5, 0.6) is 0 Å². The molecule has 1 aromatic heterocycles. The number of hydrogen-bond acceptors (Lipinski definition) is 4. The summed E-state index contributed by atoms with van der Waals surface area (Å²) in [5.41, 5.74) is 1.58. The van der Waals surface area contributed by atoms with Gasteiger partial charge in [0, 0.05) is 18.0 Å². The smallest absolute Gasteiger partial charge is 0.420 e. The number of carbonyl (C=O) groups excluding carboxylic acids is 2. The maximum Gasteiger partial charge on any atom is 0.420 e. The SMILES string of the molecule is O=C(c1oc2c(C(F)(F)F)cc(C3CC3)cc2c1Cl)N1CCN([C@H]2CC[C@H](O)CC2)C(=O)N1. The number of rotatable bonds is 3. The summed E-state index contributed by atoms with van der Waals surface area (Å²) in [4.78, 5) is 27.3. The van der Waals surface area contributed by atoms with Crippen LogP contribution in [0.2, 0.25) is 5.02 Å². The Hall–Kier alpha value is -2.46. The quantitative estimate of drug-likeness (QED) is 0.661. The number of urea groups is 1. The molecule has 11 heteroatoms. The highest BCUT2D eigenvalue weighted by atomic mass is 35.5. The molecule has 0 bridgehead atoms. The predicted molar refractivity (Wildman–Crippen MR) is 113 cm³/mol. The third kappa shape index (κ3) is 4.14. The number of fused-ring (bicyclic) bond motifs is 1. The fraction of sp³-hybridized carbons (Fsp3) is 0.545. The Morgan fingerprint density at radius 2 is 1.82 bits per heavy atom. The van der Waals surface area contributed by atoms with E-state index in [-0.39, 0.29) is 41.6 Å². The molecule has 3 amide bonds. The van der Waals surface area contributed by atoms with Crippen molar-refractivity contribution in [2.45, 2.75) is 62.8 Å². The molecule has 33 heavy (non-hydrogen) atoms. The number of nitrogens with one attached hydrogen (secondary N) is 1. The van der Waals surface area contributed by atoms with E-state index in [0.717, 1.165) is 23.9 Å². The Kier molecular flexibility index (Phi) is 5.48. The number of furan rings is 1. The van der Waals surface area contributed by atoms with E-state index >= 15 is 0 Å². The first-order chi connectivity index (χ1) is 15.6. The average Bonchev–Trinajstić information content (AvgIpc) is 3.57. The molecule has 5 rings (SSSR count). The van der Waals surface area contributed by atoms with Crippen LogP contribution < -0.4 is 5.43 Å². The third-order valence-corrected chi connectivity index (χ3v) is 7.08. The lowest BCUT2D eigenvalue weighted by Gasteiger charge is -2.41. The standard InChI is InChI=1S/C22H23ClF3N3O4/c23-17-15-9-12(11-1-2-11)10-16(22(24,25)26)18(15)33-19(17)20(31)29-8-7-28(21(32)27-29)13-3-5-14(30)6-4-13/h9-11,13-14,30H,1-8H2,(H,27,32)/t13-,14-. The van der Waals surface area contributed by atoms with Crippen molar-refractivity contribution in [2.24, 2.45) is 0 Å². The number of aliphatic hydroxyl groups excluding tert-OH is 1. The minimum atomic E-state index is -4.67. The Morgan fingerprint density at radius 1 is 1.12 bits per heavy atom. The summed E-state index contributed by atoms with van der Waals surface area (Å²) in [5.74, 6) is -1.18. The van der Waals surface area contributed by atoms with Crippen LogP contribution in [-0.2, 0) is 6.18 Å². The second kappa shape index (κ2) is 8.09. The molecule has 2 heterocycles. The number of hydrazine groups is 1. The highest BCUT2D eigenvalue weighted by molar-refractivity contribution is 6.38. The van der Waals surface area contributed by atoms with Crippen LogP contribution in [-0.4, -0.2) is 52.2 Å². The molecule has 1 saturated heterocycles. The van der Waals surface area contributed by atoms with E-state index in [1.54, 1.807) is 11.0 Å². The van der Waals surface area contributed by atoms with Gasteiger partial charge >= 0.3 is 18.1 Å². The summed E-state index contributed by atoms with van der Waals surface area (Å²) >= 11 is 6.34. The van der Waals surface area contributed by atoms with Crippen LogP contribution in [0.15, 0.2) is 16.5 Å². The number of hydrogen-bond donors (Lipinski definition) is 2. The summed E-state index contributed by atoms with van der Waals surface area (Å²) in [6.45, 7) is 0.381. The summed E-state index contributed by atoms with van der Waals surface area (Å²) < 4.78 is 46.5. The number of amides is 3. The molecular formula is C22H23ClF3N3O4. The number of aliphatic hydroxyl groups is 1. The van der Waals surface area contributed by atoms with E-state index in [0.29, 0.717) is 31.2 Å². The van der Waals surface area contributed by atoms with Crippen molar-refractivity contribution in [1.29, 1.82) is 0 Å². The maximum atomic E-state index is 13.7. The van der Waals surface area contributed by atoms with E-state index in [4.69, 9.17) is 16.0 Å². The van der Waals surface area contributed by atoms with E-state index in [2.05, 4.69) is 5.43 Å². The molecule has 2 aromatic rings. The normalized spacial score (nSPS) is 24.3. The first kappa shape index (κ1) is 22.3. The molecular weight excluding hydrogens is 463 g/mol. The number of carbonyl (C=O) groups is 2. The van der Waals surface area contributed by atoms with Crippen molar-refractivity contribution in [2.75, 3.05) is 13.1 Å². The molecule has 3 fully saturated rings. The molecule has 3 aliphatic rings. The molecule has 2 aliphatic carbocycles. The molecule has 178 valence electrons.